The van der Waals surface area contributed by atoms with Crippen LogP contribution in [0.5, 0.6) is 5.75 Å². The Morgan fingerprint density at radius 3 is 2.92 bits per heavy atom. The van der Waals surface area contributed by atoms with Crippen molar-refractivity contribution >= 4 is 6.29 Å². The highest BCUT2D eigenvalue weighted by atomic mass is 16.6. The Kier molecular flexibility index (Phi) is 3.42. The molecule has 1 aromatic carbocycles. The molecule has 0 saturated heterocycles. The summed E-state index contributed by atoms with van der Waals surface area (Å²) in [7, 11) is 0. The summed E-state index contributed by atoms with van der Waals surface area (Å²) in [5, 5.41) is 9.14. The van der Waals surface area contributed by atoms with Gasteiger partial charge in [0.05, 0.1) is 6.61 Å². The van der Waals surface area contributed by atoms with Gasteiger partial charge in [-0.05, 0) is 30.2 Å². The summed E-state index contributed by atoms with van der Waals surface area (Å²) in [5.74, 6) is 4.99. The molecule has 1 aromatic rings. The summed E-state index contributed by atoms with van der Waals surface area (Å²) in [6.07, 6.45) is 1.25. The number of nitrogens with two attached hydrogens (primary N) is 1. The minimum Gasteiger partial charge on any atom is -0.508 e. The smallest absolute Gasteiger partial charge is 0.150 e. The quantitative estimate of drug-likeness (QED) is 0.528. The van der Waals surface area contributed by atoms with Crippen LogP contribution in [-0.4, -0.2) is 18.0 Å². The Hall–Kier alpha value is -1.39. The zero-order chi connectivity index (χ0) is 9.68. The number of phenolic OH excluding ortho intramolecular Hbond substituents is 1. The minimum absolute atomic E-state index is 0.137. The highest BCUT2D eigenvalue weighted by Crippen LogP contribution is 2.15. The summed E-state index contributed by atoms with van der Waals surface area (Å²) >= 11 is 0. The van der Waals surface area contributed by atoms with E-state index in [0.717, 1.165) is 11.8 Å². The van der Waals surface area contributed by atoms with Gasteiger partial charge in [-0.3, -0.25) is 4.79 Å². The van der Waals surface area contributed by atoms with Gasteiger partial charge in [0.25, 0.3) is 0 Å². The molecule has 0 aliphatic heterocycles. The first-order valence-electron chi connectivity index (χ1n) is 3.86. The van der Waals surface area contributed by atoms with Crippen molar-refractivity contribution in [2.45, 2.75) is 6.42 Å². The van der Waals surface area contributed by atoms with Crippen molar-refractivity contribution in [1.82, 2.24) is 0 Å². The number of carbonyl (C=O) groups is 1. The third-order valence-corrected chi connectivity index (χ3v) is 1.74. The van der Waals surface area contributed by atoms with E-state index in [9.17, 15) is 4.79 Å². The molecule has 0 fully saturated rings. The third-order valence-electron chi connectivity index (χ3n) is 1.74. The van der Waals surface area contributed by atoms with E-state index in [1.807, 2.05) is 0 Å². The maximum atomic E-state index is 10.5. The Balaban J connectivity index is 2.87. The highest BCUT2D eigenvalue weighted by Gasteiger charge is 2.02. The Bertz CT molecular complexity index is 299. The van der Waals surface area contributed by atoms with Gasteiger partial charge in [-0.2, -0.15) is 0 Å². The SMILES string of the molecule is NOCCc1cc(O)ccc1C=O. The molecular formula is C9H11NO3. The summed E-state index contributed by atoms with van der Waals surface area (Å²) in [6, 6.07) is 4.56. The van der Waals surface area contributed by atoms with E-state index in [1.54, 1.807) is 6.07 Å². The molecule has 3 N–H and O–H groups in total. The second-order valence-corrected chi connectivity index (χ2v) is 2.62. The lowest BCUT2D eigenvalue weighted by atomic mass is 10.1. The van der Waals surface area contributed by atoms with Crippen LogP contribution in [0.25, 0.3) is 0 Å². The van der Waals surface area contributed by atoms with Gasteiger partial charge in [0.1, 0.15) is 12.0 Å². The van der Waals surface area contributed by atoms with Crippen molar-refractivity contribution < 1.29 is 14.7 Å². The van der Waals surface area contributed by atoms with Gasteiger partial charge in [0.15, 0.2) is 0 Å². The van der Waals surface area contributed by atoms with E-state index >= 15 is 0 Å². The summed E-state index contributed by atoms with van der Waals surface area (Å²) < 4.78 is 0. The average molecular weight is 181 g/mol. The molecule has 1 rings (SSSR count). The van der Waals surface area contributed by atoms with E-state index in [4.69, 9.17) is 11.0 Å². The van der Waals surface area contributed by atoms with E-state index in [0.29, 0.717) is 18.6 Å². The summed E-state index contributed by atoms with van der Waals surface area (Å²) in [5.41, 5.74) is 1.29. The number of benzene rings is 1. The second kappa shape index (κ2) is 4.59. The van der Waals surface area contributed by atoms with Crippen molar-refractivity contribution in [3.8, 4) is 5.75 Å². The number of hydrogen-bond acceptors (Lipinski definition) is 4. The fourth-order valence-electron chi connectivity index (χ4n) is 1.09. The first-order valence-corrected chi connectivity index (χ1v) is 3.86. The van der Waals surface area contributed by atoms with Crippen LogP contribution < -0.4 is 5.90 Å². The molecule has 4 nitrogen and oxygen atoms in total. The van der Waals surface area contributed by atoms with Crippen LogP contribution in [0.2, 0.25) is 0 Å². The van der Waals surface area contributed by atoms with Crippen LogP contribution >= 0.6 is 0 Å². The zero-order valence-corrected chi connectivity index (χ0v) is 7.06. The fraction of sp³-hybridized carbons (Fsp3) is 0.222. The molecular weight excluding hydrogens is 170 g/mol. The Morgan fingerprint density at radius 2 is 2.31 bits per heavy atom. The van der Waals surface area contributed by atoms with Crippen LogP contribution in [0.3, 0.4) is 0 Å². The lowest BCUT2D eigenvalue weighted by molar-refractivity contribution is 0.112. The zero-order valence-electron chi connectivity index (χ0n) is 7.06. The first kappa shape index (κ1) is 9.70. The van der Waals surface area contributed by atoms with E-state index in [-0.39, 0.29) is 5.75 Å². The third kappa shape index (κ3) is 2.54. The molecule has 0 atom stereocenters. The number of rotatable bonds is 4. The molecule has 0 amide bonds. The lowest BCUT2D eigenvalue weighted by Gasteiger charge is -2.03. The molecule has 13 heavy (non-hydrogen) atoms. The van der Waals surface area contributed by atoms with Crippen LogP contribution in [-0.2, 0) is 11.3 Å². The van der Waals surface area contributed by atoms with Crippen LogP contribution in [0.1, 0.15) is 15.9 Å². The second-order valence-electron chi connectivity index (χ2n) is 2.62. The fourth-order valence-corrected chi connectivity index (χ4v) is 1.09. The molecule has 0 aliphatic carbocycles. The normalized spacial score (nSPS) is 9.92. The molecule has 70 valence electrons. The van der Waals surface area contributed by atoms with Crippen molar-refractivity contribution in [1.29, 1.82) is 0 Å². The number of carbonyl (C=O) groups excluding carboxylic acids is 1. The van der Waals surface area contributed by atoms with Gasteiger partial charge in [0.2, 0.25) is 0 Å². The van der Waals surface area contributed by atoms with Gasteiger partial charge in [-0.15, -0.1) is 0 Å². The predicted molar refractivity (Wildman–Crippen MR) is 47.3 cm³/mol. The van der Waals surface area contributed by atoms with Gasteiger partial charge < -0.3 is 9.94 Å². The number of hydrogen-bond donors (Lipinski definition) is 2. The van der Waals surface area contributed by atoms with Crippen molar-refractivity contribution in [3.05, 3.63) is 29.3 Å². The largest absolute Gasteiger partial charge is 0.508 e. The average Bonchev–Trinajstić information content (AvgIpc) is 2.15. The van der Waals surface area contributed by atoms with Crippen molar-refractivity contribution in [2.24, 2.45) is 5.90 Å². The molecule has 0 spiro atoms. The predicted octanol–water partition coefficient (Wildman–Crippen LogP) is 0.637. The van der Waals surface area contributed by atoms with Crippen LogP contribution in [0, 0.1) is 0 Å². The molecule has 0 heterocycles. The van der Waals surface area contributed by atoms with Gasteiger partial charge >= 0.3 is 0 Å². The van der Waals surface area contributed by atoms with Crippen LogP contribution in [0.4, 0.5) is 0 Å². The molecule has 0 aromatic heterocycles. The number of aromatic hydroxyl groups is 1. The number of aldehydes is 1. The Morgan fingerprint density at radius 1 is 1.54 bits per heavy atom. The van der Waals surface area contributed by atoms with Gasteiger partial charge in [0, 0.05) is 5.56 Å². The van der Waals surface area contributed by atoms with Gasteiger partial charge in [-0.1, -0.05) is 0 Å². The number of phenols is 1. The van der Waals surface area contributed by atoms with Crippen molar-refractivity contribution in [2.75, 3.05) is 6.61 Å². The van der Waals surface area contributed by atoms with Crippen molar-refractivity contribution in [3.63, 3.8) is 0 Å². The molecule has 0 radical (unpaired) electrons. The molecule has 0 bridgehead atoms. The minimum atomic E-state index is 0.137. The molecule has 0 unspecified atom stereocenters. The molecule has 4 heteroatoms. The topological polar surface area (TPSA) is 72.6 Å². The first-order chi connectivity index (χ1) is 6.27. The van der Waals surface area contributed by atoms with Gasteiger partial charge in [-0.25, -0.2) is 5.90 Å². The maximum Gasteiger partial charge on any atom is 0.150 e. The standard InChI is InChI=1S/C9H11NO3/c10-13-4-3-7-5-9(12)2-1-8(7)6-11/h1-2,5-6,12H,3-4,10H2. The molecule has 0 saturated carbocycles. The lowest BCUT2D eigenvalue weighted by Crippen LogP contribution is -2.05. The highest BCUT2D eigenvalue weighted by molar-refractivity contribution is 5.77. The van der Waals surface area contributed by atoms with E-state index in [1.165, 1.54) is 12.1 Å². The van der Waals surface area contributed by atoms with E-state index in [2.05, 4.69) is 4.84 Å². The monoisotopic (exact) mass is 181 g/mol. The summed E-state index contributed by atoms with van der Waals surface area (Å²) in [6.45, 7) is 0.324. The maximum absolute atomic E-state index is 10.5. The Labute approximate surface area is 75.9 Å². The van der Waals surface area contributed by atoms with E-state index < -0.39 is 0 Å². The van der Waals surface area contributed by atoms with Crippen LogP contribution in [0.15, 0.2) is 18.2 Å². The molecule has 0 aliphatic rings. The summed E-state index contributed by atoms with van der Waals surface area (Å²) in [4.78, 5) is 14.9.